The molecule has 1 rings (SSSR count). The number of nitrogens with zero attached hydrogens (tertiary/aromatic N) is 1. The molecule has 0 aliphatic heterocycles. The number of unbranched alkanes of at least 4 members (excludes halogenated alkanes) is 6. The van der Waals surface area contributed by atoms with E-state index in [2.05, 4.69) is 6.92 Å². The molecule has 3 nitrogen and oxygen atoms in total. The lowest BCUT2D eigenvalue weighted by atomic mass is 10.1. The Hall–Kier alpha value is -1.51. The summed E-state index contributed by atoms with van der Waals surface area (Å²) < 4.78 is 0. The lowest BCUT2D eigenvalue weighted by molar-refractivity contribution is -0.130. The van der Waals surface area contributed by atoms with Gasteiger partial charge in [-0.25, -0.2) is 0 Å². The lowest BCUT2D eigenvalue weighted by Gasteiger charge is -2.17. The van der Waals surface area contributed by atoms with Crippen molar-refractivity contribution in [3.63, 3.8) is 0 Å². The Morgan fingerprint density at radius 1 is 1.00 bits per heavy atom. The van der Waals surface area contributed by atoms with E-state index in [-0.39, 0.29) is 5.91 Å². The molecule has 0 bridgehead atoms. The van der Waals surface area contributed by atoms with E-state index in [0.29, 0.717) is 13.0 Å². The van der Waals surface area contributed by atoms with Gasteiger partial charge in [-0.05, 0) is 24.1 Å². The number of carbonyl (C=O) groups excluding carboxylic acids is 1. The minimum absolute atomic E-state index is 0.236. The van der Waals surface area contributed by atoms with Crippen molar-refractivity contribution in [1.29, 1.82) is 0 Å². The van der Waals surface area contributed by atoms with Gasteiger partial charge in [0.25, 0.3) is 0 Å². The molecule has 0 aliphatic carbocycles. The first-order chi connectivity index (χ1) is 10.1. The third kappa shape index (κ3) is 7.74. The van der Waals surface area contributed by atoms with E-state index in [4.69, 9.17) is 5.73 Å². The van der Waals surface area contributed by atoms with Gasteiger partial charge in [-0.2, -0.15) is 0 Å². The predicted octanol–water partition coefficient (Wildman–Crippen LogP) is 4.37. The molecular weight excluding hydrogens is 260 g/mol. The van der Waals surface area contributed by atoms with Crippen LogP contribution in [0.25, 0.3) is 0 Å². The zero-order valence-corrected chi connectivity index (χ0v) is 13.6. The van der Waals surface area contributed by atoms with Gasteiger partial charge in [-0.1, -0.05) is 57.6 Å². The number of nitrogen functional groups attached to an aromatic ring is 1. The molecule has 118 valence electrons. The van der Waals surface area contributed by atoms with E-state index < -0.39 is 0 Å². The summed E-state index contributed by atoms with van der Waals surface area (Å²) in [5.74, 6) is 0.236. The maximum absolute atomic E-state index is 12.1. The summed E-state index contributed by atoms with van der Waals surface area (Å²) >= 11 is 0. The van der Waals surface area contributed by atoms with Crippen molar-refractivity contribution >= 4 is 11.6 Å². The van der Waals surface area contributed by atoms with Crippen molar-refractivity contribution < 1.29 is 4.79 Å². The van der Waals surface area contributed by atoms with Gasteiger partial charge in [0.2, 0.25) is 5.91 Å². The van der Waals surface area contributed by atoms with E-state index in [0.717, 1.165) is 17.7 Å². The maximum atomic E-state index is 12.1. The van der Waals surface area contributed by atoms with Gasteiger partial charge in [0.05, 0.1) is 0 Å². The van der Waals surface area contributed by atoms with Gasteiger partial charge >= 0.3 is 0 Å². The van der Waals surface area contributed by atoms with Gasteiger partial charge in [-0.3, -0.25) is 4.79 Å². The minimum atomic E-state index is 0.236. The number of amides is 1. The highest BCUT2D eigenvalue weighted by molar-refractivity contribution is 5.75. The molecule has 0 atom stereocenters. The Bertz CT molecular complexity index is 400. The standard InChI is InChI=1S/C18H30N2O/c1-3-4-5-6-7-8-9-10-18(21)20(2)15-16-11-13-17(19)14-12-16/h11-14H,3-10,15,19H2,1-2H3. The minimum Gasteiger partial charge on any atom is -0.399 e. The predicted molar refractivity (Wildman–Crippen MR) is 89.9 cm³/mol. The van der Waals surface area contributed by atoms with Crippen LogP contribution >= 0.6 is 0 Å². The van der Waals surface area contributed by atoms with Crippen LogP contribution in [0.15, 0.2) is 24.3 Å². The van der Waals surface area contributed by atoms with Crippen molar-refractivity contribution in [2.45, 2.75) is 64.8 Å². The quantitative estimate of drug-likeness (QED) is 0.514. The number of rotatable bonds is 10. The van der Waals surface area contributed by atoms with Gasteiger partial charge in [-0.15, -0.1) is 0 Å². The van der Waals surface area contributed by atoms with Gasteiger partial charge < -0.3 is 10.6 Å². The molecule has 21 heavy (non-hydrogen) atoms. The van der Waals surface area contributed by atoms with Gasteiger partial charge in [0.15, 0.2) is 0 Å². The summed E-state index contributed by atoms with van der Waals surface area (Å²) in [4.78, 5) is 13.9. The van der Waals surface area contributed by atoms with Gasteiger partial charge in [0, 0.05) is 25.7 Å². The molecule has 1 amide bonds. The number of carbonyl (C=O) groups is 1. The first-order valence-electron chi connectivity index (χ1n) is 8.22. The first-order valence-corrected chi connectivity index (χ1v) is 8.22. The molecule has 0 spiro atoms. The third-order valence-corrected chi connectivity index (χ3v) is 3.82. The highest BCUT2D eigenvalue weighted by Gasteiger charge is 2.08. The SMILES string of the molecule is CCCCCCCCCC(=O)N(C)Cc1ccc(N)cc1. The third-order valence-electron chi connectivity index (χ3n) is 3.82. The van der Waals surface area contributed by atoms with E-state index in [9.17, 15) is 4.79 Å². The van der Waals surface area contributed by atoms with E-state index >= 15 is 0 Å². The molecule has 0 unspecified atom stereocenters. The fourth-order valence-corrected chi connectivity index (χ4v) is 2.41. The van der Waals surface area contributed by atoms with E-state index in [1.165, 1.54) is 38.5 Å². The summed E-state index contributed by atoms with van der Waals surface area (Å²) in [5.41, 5.74) is 7.55. The van der Waals surface area contributed by atoms with Crippen LogP contribution in [0.3, 0.4) is 0 Å². The molecule has 0 saturated heterocycles. The summed E-state index contributed by atoms with van der Waals surface area (Å²) in [6.07, 6.45) is 9.37. The van der Waals surface area contributed by atoms with Crippen molar-refractivity contribution in [2.24, 2.45) is 0 Å². The second-order valence-electron chi connectivity index (χ2n) is 5.86. The molecule has 1 aromatic rings. The van der Waals surface area contributed by atoms with Gasteiger partial charge in [0.1, 0.15) is 0 Å². The number of hydrogen-bond acceptors (Lipinski definition) is 2. The largest absolute Gasteiger partial charge is 0.399 e. The number of nitrogens with two attached hydrogens (primary N) is 1. The topological polar surface area (TPSA) is 46.3 Å². The Balaban J connectivity index is 2.15. The molecule has 3 heteroatoms. The lowest BCUT2D eigenvalue weighted by Crippen LogP contribution is -2.25. The Morgan fingerprint density at radius 3 is 2.19 bits per heavy atom. The number of benzene rings is 1. The summed E-state index contributed by atoms with van der Waals surface area (Å²) in [5, 5.41) is 0. The molecule has 0 fully saturated rings. The van der Waals surface area contributed by atoms with Crippen molar-refractivity contribution in [1.82, 2.24) is 4.90 Å². The second kappa shape index (κ2) is 10.3. The summed E-state index contributed by atoms with van der Waals surface area (Å²) in [6.45, 7) is 2.89. The van der Waals surface area contributed by atoms with E-state index in [1.54, 1.807) is 0 Å². The Labute approximate surface area is 129 Å². The van der Waals surface area contributed by atoms with Crippen LogP contribution in [0.4, 0.5) is 5.69 Å². The van der Waals surface area contributed by atoms with Crippen LogP contribution < -0.4 is 5.73 Å². The molecule has 0 heterocycles. The Morgan fingerprint density at radius 2 is 1.57 bits per heavy atom. The van der Waals surface area contributed by atoms with Crippen molar-refractivity contribution in [3.05, 3.63) is 29.8 Å². The molecule has 0 radical (unpaired) electrons. The van der Waals surface area contributed by atoms with Crippen LogP contribution in [0.1, 0.15) is 63.9 Å². The molecule has 0 saturated carbocycles. The highest BCUT2D eigenvalue weighted by Crippen LogP contribution is 2.11. The maximum Gasteiger partial charge on any atom is 0.222 e. The zero-order valence-electron chi connectivity index (χ0n) is 13.6. The molecule has 0 aromatic heterocycles. The van der Waals surface area contributed by atoms with Crippen molar-refractivity contribution in [3.8, 4) is 0 Å². The van der Waals surface area contributed by atoms with Crippen LogP contribution in [0.2, 0.25) is 0 Å². The highest BCUT2D eigenvalue weighted by atomic mass is 16.2. The van der Waals surface area contributed by atoms with Crippen LogP contribution in [-0.4, -0.2) is 17.9 Å². The average Bonchev–Trinajstić information content (AvgIpc) is 2.48. The fourth-order valence-electron chi connectivity index (χ4n) is 2.41. The molecule has 2 N–H and O–H groups in total. The second-order valence-corrected chi connectivity index (χ2v) is 5.86. The molecule has 0 aliphatic rings. The van der Waals surface area contributed by atoms with Crippen LogP contribution in [-0.2, 0) is 11.3 Å². The first kappa shape index (κ1) is 17.5. The average molecular weight is 290 g/mol. The monoisotopic (exact) mass is 290 g/mol. The molecular formula is C18H30N2O. The number of hydrogen-bond donors (Lipinski definition) is 1. The summed E-state index contributed by atoms with van der Waals surface area (Å²) in [7, 11) is 1.87. The van der Waals surface area contributed by atoms with Crippen LogP contribution in [0.5, 0.6) is 0 Å². The van der Waals surface area contributed by atoms with E-state index in [1.807, 2.05) is 36.2 Å². The molecule has 1 aromatic carbocycles. The fraction of sp³-hybridized carbons (Fsp3) is 0.611. The smallest absolute Gasteiger partial charge is 0.222 e. The van der Waals surface area contributed by atoms with Crippen molar-refractivity contribution in [2.75, 3.05) is 12.8 Å². The summed E-state index contributed by atoms with van der Waals surface area (Å²) in [6, 6.07) is 7.72. The number of anilines is 1. The Kier molecular flexibility index (Phi) is 8.56. The van der Waals surface area contributed by atoms with Crippen LogP contribution in [0, 0.1) is 0 Å². The zero-order chi connectivity index (χ0) is 15.5. The normalized spacial score (nSPS) is 10.6.